The van der Waals surface area contributed by atoms with Crippen molar-refractivity contribution in [2.45, 2.75) is 46.0 Å². The molecule has 12 heteroatoms. The third-order valence-corrected chi connectivity index (χ3v) is 6.69. The monoisotopic (exact) mass is 629 g/mol. The molecule has 1 atom stereocenters. The third kappa shape index (κ3) is 12.5. The number of carbonyl (C=O) groups is 3. The molecular formula is C34H47N9O3. The van der Waals surface area contributed by atoms with Gasteiger partial charge in [0.15, 0.2) is 5.96 Å². The number of aliphatic imine (C=N–C) groups is 2. The fraction of sp³-hybridized carbons (Fsp3) is 0.324. The first-order valence-corrected chi connectivity index (χ1v) is 15.3. The van der Waals surface area contributed by atoms with Crippen molar-refractivity contribution < 1.29 is 14.4 Å². The van der Waals surface area contributed by atoms with Crippen LogP contribution in [-0.4, -0.2) is 49.5 Å². The molecule has 1 unspecified atom stereocenters. The minimum Gasteiger partial charge on any atom is -0.370 e. The molecule has 0 bridgehead atoms. The van der Waals surface area contributed by atoms with Gasteiger partial charge in [0, 0.05) is 36.0 Å². The van der Waals surface area contributed by atoms with Gasteiger partial charge in [-0.05, 0) is 82.5 Å². The summed E-state index contributed by atoms with van der Waals surface area (Å²) in [7, 11) is 0. The molecule has 12 nitrogen and oxygen atoms in total. The lowest BCUT2D eigenvalue weighted by atomic mass is 10.0. The van der Waals surface area contributed by atoms with Crippen molar-refractivity contribution in [1.29, 1.82) is 0 Å². The first kappa shape index (κ1) is 37.1. The van der Waals surface area contributed by atoms with E-state index >= 15 is 0 Å². The Hall–Kier alpha value is -5.07. The van der Waals surface area contributed by atoms with Crippen LogP contribution in [0.3, 0.4) is 0 Å². The average Bonchev–Trinajstić information content (AvgIpc) is 3.02. The number of rotatable bonds is 18. The fourth-order valence-electron chi connectivity index (χ4n) is 4.35. The van der Waals surface area contributed by atoms with E-state index in [0.29, 0.717) is 67.9 Å². The van der Waals surface area contributed by atoms with Crippen molar-refractivity contribution >= 4 is 58.6 Å². The Bertz CT molecular complexity index is 1470. The second-order valence-corrected chi connectivity index (χ2v) is 10.4. The van der Waals surface area contributed by atoms with E-state index in [1.807, 2.05) is 30.4 Å². The molecule has 2 aromatic rings. The van der Waals surface area contributed by atoms with E-state index in [-0.39, 0.29) is 29.9 Å². The number of amides is 3. The number of benzene rings is 2. The lowest BCUT2D eigenvalue weighted by molar-refractivity contribution is -0.118. The van der Waals surface area contributed by atoms with Gasteiger partial charge in [-0.3, -0.25) is 24.4 Å². The fourth-order valence-corrected chi connectivity index (χ4v) is 4.35. The van der Waals surface area contributed by atoms with Gasteiger partial charge >= 0.3 is 0 Å². The highest BCUT2D eigenvalue weighted by Crippen LogP contribution is 2.28. The molecule has 0 radical (unpaired) electrons. The summed E-state index contributed by atoms with van der Waals surface area (Å²) in [6.07, 6.45) is 9.40. The standard InChI is InChI=1S/C34H47N9O3/c1-4-39-30(33(46)43-27-14-6-5-12-25(27)23(2)18-20-36)22-24(3)32(45)42-29-16-11-15-28(26(29)13-7-9-19-35)41-31(44)17-8-10-21-40-34(37)38/h4-7,11-16,22,24H,2,8-10,17-21,35-36H2,1,3H3,(H,41,44)(H,42,45)(H,43,46)(H4,37,38,40)/b13-7+,30-22-,39-4?. The molecule has 46 heavy (non-hydrogen) atoms. The van der Waals surface area contributed by atoms with Gasteiger partial charge in [0.05, 0.1) is 17.3 Å². The van der Waals surface area contributed by atoms with E-state index in [1.165, 1.54) is 12.3 Å². The zero-order valence-corrected chi connectivity index (χ0v) is 26.7. The molecule has 3 amide bonds. The van der Waals surface area contributed by atoms with Gasteiger partial charge in [0.2, 0.25) is 11.8 Å². The van der Waals surface area contributed by atoms with Gasteiger partial charge in [-0.2, -0.15) is 0 Å². The first-order valence-electron chi connectivity index (χ1n) is 15.3. The van der Waals surface area contributed by atoms with Crippen LogP contribution >= 0.6 is 0 Å². The Morgan fingerprint density at radius 2 is 1.61 bits per heavy atom. The van der Waals surface area contributed by atoms with Crippen LogP contribution in [0.25, 0.3) is 11.6 Å². The lowest BCUT2D eigenvalue weighted by Gasteiger charge is -2.16. The second-order valence-electron chi connectivity index (χ2n) is 10.4. The topological polar surface area (TPSA) is 216 Å². The highest BCUT2D eigenvalue weighted by atomic mass is 16.2. The summed E-state index contributed by atoms with van der Waals surface area (Å²) >= 11 is 0. The predicted octanol–water partition coefficient (Wildman–Crippen LogP) is 3.98. The minimum atomic E-state index is -0.740. The molecular weight excluding hydrogens is 582 g/mol. The number of carbonyl (C=O) groups excluding carboxylic acids is 3. The smallest absolute Gasteiger partial charge is 0.273 e. The zero-order chi connectivity index (χ0) is 33.9. The van der Waals surface area contributed by atoms with Crippen molar-refractivity contribution in [3.63, 3.8) is 0 Å². The van der Waals surface area contributed by atoms with Gasteiger partial charge in [0.1, 0.15) is 5.70 Å². The third-order valence-electron chi connectivity index (χ3n) is 6.69. The number of nitrogens with two attached hydrogens (primary N) is 4. The van der Waals surface area contributed by atoms with E-state index in [9.17, 15) is 14.4 Å². The summed E-state index contributed by atoms with van der Waals surface area (Å²) in [6, 6.07) is 12.5. The Labute approximate surface area is 271 Å². The van der Waals surface area contributed by atoms with E-state index in [2.05, 4.69) is 32.5 Å². The molecule has 0 fully saturated rings. The molecule has 0 heterocycles. The first-order chi connectivity index (χ1) is 22.1. The van der Waals surface area contributed by atoms with E-state index in [1.54, 1.807) is 38.1 Å². The summed E-state index contributed by atoms with van der Waals surface area (Å²) in [6.45, 7) is 8.76. The molecule has 2 rings (SSSR count). The van der Waals surface area contributed by atoms with Crippen LogP contribution in [0.4, 0.5) is 17.1 Å². The highest BCUT2D eigenvalue weighted by Gasteiger charge is 2.19. The summed E-state index contributed by atoms with van der Waals surface area (Å²) in [4.78, 5) is 47.5. The molecule has 0 saturated carbocycles. The normalized spacial score (nSPS) is 12.1. The number of guanidine groups is 1. The maximum atomic E-state index is 13.4. The molecule has 0 aliphatic heterocycles. The largest absolute Gasteiger partial charge is 0.370 e. The van der Waals surface area contributed by atoms with Crippen LogP contribution in [0.2, 0.25) is 0 Å². The number of hydrogen-bond acceptors (Lipinski definition) is 7. The van der Waals surface area contributed by atoms with Gasteiger partial charge < -0.3 is 38.9 Å². The van der Waals surface area contributed by atoms with Crippen molar-refractivity contribution in [2.75, 3.05) is 35.6 Å². The van der Waals surface area contributed by atoms with Crippen LogP contribution in [0.15, 0.2) is 76.9 Å². The van der Waals surface area contributed by atoms with Crippen LogP contribution in [0.1, 0.15) is 57.1 Å². The molecule has 0 aliphatic carbocycles. The van der Waals surface area contributed by atoms with Gasteiger partial charge in [-0.15, -0.1) is 0 Å². The Balaban J connectivity index is 2.25. The molecule has 0 saturated heterocycles. The maximum Gasteiger partial charge on any atom is 0.273 e. The van der Waals surface area contributed by atoms with E-state index in [0.717, 1.165) is 11.1 Å². The summed E-state index contributed by atoms with van der Waals surface area (Å²) in [5.74, 6) is -1.74. The quantitative estimate of drug-likeness (QED) is 0.0556. The average molecular weight is 630 g/mol. The summed E-state index contributed by atoms with van der Waals surface area (Å²) < 4.78 is 0. The van der Waals surface area contributed by atoms with Crippen LogP contribution in [0, 0.1) is 5.92 Å². The Morgan fingerprint density at radius 1 is 0.913 bits per heavy atom. The number of para-hydroxylation sites is 1. The van der Waals surface area contributed by atoms with Gasteiger partial charge in [-0.25, -0.2) is 0 Å². The number of anilines is 3. The number of unbranched alkanes of at least 4 members (excludes halogenated alkanes) is 1. The molecule has 0 aliphatic rings. The van der Waals surface area contributed by atoms with Gasteiger partial charge in [0.25, 0.3) is 5.91 Å². The number of nitrogens with zero attached hydrogens (tertiary/aromatic N) is 2. The van der Waals surface area contributed by atoms with Crippen LogP contribution in [-0.2, 0) is 14.4 Å². The van der Waals surface area contributed by atoms with Gasteiger partial charge in [-0.1, -0.05) is 43.0 Å². The van der Waals surface area contributed by atoms with Crippen LogP contribution in [0.5, 0.6) is 0 Å². The summed E-state index contributed by atoms with van der Waals surface area (Å²) in [5.41, 5.74) is 25.9. The molecule has 246 valence electrons. The zero-order valence-electron chi connectivity index (χ0n) is 26.7. The molecule has 11 N–H and O–H groups in total. The van der Waals surface area contributed by atoms with Crippen LogP contribution < -0.4 is 38.9 Å². The van der Waals surface area contributed by atoms with Crippen molar-refractivity contribution in [3.05, 3.63) is 78.0 Å². The number of hydrogen-bond donors (Lipinski definition) is 7. The minimum absolute atomic E-state index is 0.0195. The SMILES string of the molecule is C=C(CCN)c1ccccc1NC(=O)/C(=C/C(C)C(=O)Nc1cccc(NC(=O)CCCCN=C(N)N)c1/C=C/CCN)N=CC. The Kier molecular flexibility index (Phi) is 16.2. The van der Waals surface area contributed by atoms with Crippen molar-refractivity contribution in [2.24, 2.45) is 38.8 Å². The summed E-state index contributed by atoms with van der Waals surface area (Å²) in [5, 5.41) is 8.75. The maximum absolute atomic E-state index is 13.4. The second kappa shape index (κ2) is 20.1. The molecule has 0 aromatic heterocycles. The van der Waals surface area contributed by atoms with Crippen molar-refractivity contribution in [1.82, 2.24) is 0 Å². The molecule has 0 spiro atoms. The van der Waals surface area contributed by atoms with E-state index in [4.69, 9.17) is 22.9 Å². The Morgan fingerprint density at radius 3 is 2.28 bits per heavy atom. The highest BCUT2D eigenvalue weighted by molar-refractivity contribution is 6.06. The predicted molar refractivity (Wildman–Crippen MR) is 190 cm³/mol. The molecule has 2 aromatic carbocycles. The van der Waals surface area contributed by atoms with Crippen molar-refractivity contribution in [3.8, 4) is 0 Å². The number of nitrogens with one attached hydrogen (secondary N) is 3. The van der Waals surface area contributed by atoms with E-state index < -0.39 is 11.8 Å². The lowest BCUT2D eigenvalue weighted by Crippen LogP contribution is -2.23.